The highest BCUT2D eigenvalue weighted by Crippen LogP contribution is 2.42. The normalized spacial score (nSPS) is 14.7. The fourth-order valence-corrected chi connectivity index (χ4v) is 9.79. The molecule has 2 aromatic heterocycles. The number of amides is 2. The molecular formula is C47H39Cl5F6N4O4. The maximum absolute atomic E-state index is 14.4. The SMILES string of the molecule is Cc1ccc2c(c1)c(C(=O)C(=O)NC1CCCC1)c(C(F)(F)F)n2Cc1ccc(Cl)cc1Cl.O=C(NC1CCCC1)C(=O)c1c(C(F)(F)F)n(Cc2ccc(Cl)cc2Cl)c2ccc(Cl)cc12. The molecular weight excluding hydrogens is 976 g/mol. The summed E-state index contributed by atoms with van der Waals surface area (Å²) in [7, 11) is 0. The number of benzene rings is 4. The predicted octanol–water partition coefficient (Wildman–Crippen LogP) is 13.5. The number of nitrogens with one attached hydrogen (secondary N) is 2. The number of aryl methyl sites for hydroxylation is 1. The molecule has 0 unspecified atom stereocenters. The summed E-state index contributed by atoms with van der Waals surface area (Å²) in [5.74, 6) is -4.51. The molecule has 348 valence electrons. The first-order chi connectivity index (χ1) is 31.1. The first kappa shape index (κ1) is 49.2. The molecule has 0 bridgehead atoms. The van der Waals surface area contributed by atoms with Gasteiger partial charge in [-0.2, -0.15) is 26.3 Å². The van der Waals surface area contributed by atoms with E-state index in [9.17, 15) is 45.5 Å². The van der Waals surface area contributed by atoms with Gasteiger partial charge >= 0.3 is 12.4 Å². The van der Waals surface area contributed by atoms with Crippen molar-refractivity contribution in [1.29, 1.82) is 0 Å². The number of Topliss-reactive ketones (excluding diaryl/α,β-unsaturated/α-hetero) is 2. The monoisotopic (exact) mass is 1010 g/mol. The van der Waals surface area contributed by atoms with Crippen molar-refractivity contribution in [2.75, 3.05) is 0 Å². The molecule has 2 amide bonds. The molecule has 0 atom stereocenters. The highest BCUT2D eigenvalue weighted by molar-refractivity contribution is 6.46. The number of aromatic nitrogens is 2. The molecule has 0 saturated heterocycles. The molecule has 2 heterocycles. The minimum atomic E-state index is -4.93. The van der Waals surface area contributed by atoms with Gasteiger partial charge in [-0.3, -0.25) is 19.2 Å². The Morgan fingerprint density at radius 2 is 0.909 bits per heavy atom. The molecule has 0 aliphatic heterocycles. The fraction of sp³-hybridized carbons (Fsp3) is 0.319. The van der Waals surface area contributed by atoms with E-state index in [1.54, 1.807) is 19.1 Å². The number of ketones is 2. The number of hydrogen-bond acceptors (Lipinski definition) is 4. The molecule has 2 aliphatic rings. The van der Waals surface area contributed by atoms with Gasteiger partial charge < -0.3 is 19.8 Å². The lowest BCUT2D eigenvalue weighted by Gasteiger charge is -2.16. The van der Waals surface area contributed by atoms with Crippen LogP contribution in [-0.2, 0) is 35.0 Å². The molecule has 8 rings (SSSR count). The smallest absolute Gasteiger partial charge is 0.346 e. The van der Waals surface area contributed by atoms with E-state index in [-0.39, 0.29) is 62.0 Å². The van der Waals surface area contributed by atoms with Gasteiger partial charge in [0.2, 0.25) is 0 Å². The van der Waals surface area contributed by atoms with Crippen LogP contribution in [0.3, 0.4) is 0 Å². The highest BCUT2D eigenvalue weighted by atomic mass is 35.5. The topological polar surface area (TPSA) is 102 Å². The lowest BCUT2D eigenvalue weighted by Crippen LogP contribution is -2.38. The molecule has 4 aromatic carbocycles. The van der Waals surface area contributed by atoms with Crippen LogP contribution in [0.1, 0.15) is 100 Å². The lowest BCUT2D eigenvalue weighted by atomic mass is 10.0. The molecule has 2 fully saturated rings. The average molecular weight is 1020 g/mol. The third-order valence-electron chi connectivity index (χ3n) is 11.7. The number of alkyl halides is 6. The minimum Gasteiger partial charge on any atom is -0.346 e. The van der Waals surface area contributed by atoms with E-state index < -0.39 is 58.2 Å². The van der Waals surface area contributed by atoms with Crippen LogP contribution < -0.4 is 10.6 Å². The van der Waals surface area contributed by atoms with Gasteiger partial charge in [-0.25, -0.2) is 0 Å². The summed E-state index contributed by atoms with van der Waals surface area (Å²) in [6.07, 6.45) is -3.41. The van der Waals surface area contributed by atoms with Crippen molar-refractivity contribution in [3.05, 3.63) is 137 Å². The van der Waals surface area contributed by atoms with E-state index in [1.807, 2.05) is 0 Å². The van der Waals surface area contributed by atoms with E-state index in [0.717, 1.165) is 34.8 Å². The van der Waals surface area contributed by atoms with E-state index in [0.29, 0.717) is 52.4 Å². The van der Waals surface area contributed by atoms with Crippen LogP contribution in [0.5, 0.6) is 0 Å². The van der Waals surface area contributed by atoms with Crippen LogP contribution in [0.4, 0.5) is 26.3 Å². The Bertz CT molecular complexity index is 2690. The van der Waals surface area contributed by atoms with Gasteiger partial charge in [-0.15, -0.1) is 0 Å². The highest BCUT2D eigenvalue weighted by Gasteiger charge is 2.44. The molecule has 0 radical (unpaired) electrons. The van der Waals surface area contributed by atoms with Gasteiger partial charge in [0, 0.05) is 72.1 Å². The third kappa shape index (κ3) is 10.7. The van der Waals surface area contributed by atoms with Crippen molar-refractivity contribution in [1.82, 2.24) is 19.8 Å². The molecule has 6 aromatic rings. The number of nitrogens with zero attached hydrogens (tertiary/aromatic N) is 2. The van der Waals surface area contributed by atoms with E-state index in [2.05, 4.69) is 10.6 Å². The summed E-state index contributed by atoms with van der Waals surface area (Å²) < 4.78 is 88.2. The van der Waals surface area contributed by atoms with Gasteiger partial charge in [-0.1, -0.05) is 107 Å². The van der Waals surface area contributed by atoms with Crippen LogP contribution in [0.15, 0.2) is 72.8 Å². The Morgan fingerprint density at radius 1 is 0.545 bits per heavy atom. The summed E-state index contributed by atoms with van der Waals surface area (Å²) in [6.45, 7) is 1.18. The molecule has 2 aliphatic carbocycles. The summed E-state index contributed by atoms with van der Waals surface area (Å²) in [6, 6.07) is 17.3. The summed E-state index contributed by atoms with van der Waals surface area (Å²) in [5, 5.41) is 6.43. The van der Waals surface area contributed by atoms with Crippen LogP contribution in [0.25, 0.3) is 21.8 Å². The summed E-state index contributed by atoms with van der Waals surface area (Å²) in [5.41, 5.74) is -2.01. The zero-order chi connectivity index (χ0) is 47.8. The van der Waals surface area contributed by atoms with Crippen molar-refractivity contribution in [3.63, 3.8) is 0 Å². The maximum Gasteiger partial charge on any atom is 0.432 e. The summed E-state index contributed by atoms with van der Waals surface area (Å²) in [4.78, 5) is 51.6. The standard InChI is InChI=1S/C24H21Cl2F3N2O2.C23H18Cl3F3N2O2/c1-13-6-9-19-17(10-13)20(21(32)23(33)30-16-4-2-3-5-16)22(24(27,28)29)31(19)12-14-7-8-15(25)11-18(14)26;24-13-7-8-18-16(9-13)19(20(32)22(33)30-15-3-1-2-4-15)21(23(27,28)29)31(18)11-12-5-6-14(25)10-17(12)26/h6-11,16H,2-5,12H2,1H3,(H,30,33);5-10,15H,1-4,11H2,(H,30,33). The van der Waals surface area contributed by atoms with Gasteiger partial charge in [0.15, 0.2) is 0 Å². The maximum atomic E-state index is 14.4. The van der Waals surface area contributed by atoms with Gasteiger partial charge in [0.1, 0.15) is 11.4 Å². The number of rotatable bonds is 10. The number of carbonyl (C=O) groups excluding carboxylic acids is 4. The van der Waals surface area contributed by atoms with E-state index >= 15 is 0 Å². The quantitative estimate of drug-likeness (QED) is 0.0811. The largest absolute Gasteiger partial charge is 0.432 e. The lowest BCUT2D eigenvalue weighted by molar-refractivity contribution is -0.144. The van der Waals surface area contributed by atoms with Gasteiger partial charge in [0.05, 0.1) is 11.1 Å². The van der Waals surface area contributed by atoms with Crippen LogP contribution >= 0.6 is 58.0 Å². The van der Waals surface area contributed by atoms with Gasteiger partial charge in [0.25, 0.3) is 23.4 Å². The number of halogens is 11. The van der Waals surface area contributed by atoms with Crippen molar-refractivity contribution in [2.45, 2.75) is 95.8 Å². The van der Waals surface area contributed by atoms with E-state index in [1.165, 1.54) is 60.7 Å². The van der Waals surface area contributed by atoms with Crippen molar-refractivity contribution < 1.29 is 45.5 Å². The Hall–Kier alpha value is -4.73. The number of hydrogen-bond donors (Lipinski definition) is 2. The second-order valence-corrected chi connectivity index (χ2v) is 18.5. The summed E-state index contributed by atoms with van der Waals surface area (Å²) >= 11 is 30.3. The molecule has 66 heavy (non-hydrogen) atoms. The van der Waals surface area contributed by atoms with Crippen molar-refractivity contribution in [2.24, 2.45) is 0 Å². The Labute approximate surface area is 399 Å². The zero-order valence-corrected chi connectivity index (χ0v) is 38.6. The Kier molecular flexibility index (Phi) is 14.8. The molecule has 2 N–H and O–H groups in total. The second-order valence-electron chi connectivity index (χ2n) is 16.3. The first-order valence-corrected chi connectivity index (χ1v) is 22.7. The molecule has 2 saturated carbocycles. The predicted molar refractivity (Wildman–Crippen MR) is 244 cm³/mol. The number of carbonyl (C=O) groups is 4. The Morgan fingerprint density at radius 3 is 1.30 bits per heavy atom. The Balaban J connectivity index is 0.000000196. The van der Waals surface area contributed by atoms with Crippen LogP contribution in [0.2, 0.25) is 25.1 Å². The van der Waals surface area contributed by atoms with Crippen molar-refractivity contribution >= 4 is 103 Å². The molecule has 8 nitrogen and oxygen atoms in total. The number of fused-ring (bicyclic) bond motifs is 2. The average Bonchev–Trinajstić information content (AvgIpc) is 4.06. The van der Waals surface area contributed by atoms with Crippen LogP contribution in [0, 0.1) is 6.92 Å². The fourth-order valence-electron chi connectivity index (χ4n) is 8.68. The second kappa shape index (κ2) is 19.9. The molecule has 0 spiro atoms. The van der Waals surface area contributed by atoms with Gasteiger partial charge in [-0.05, 0) is 98.3 Å². The van der Waals surface area contributed by atoms with Crippen LogP contribution in [-0.4, -0.2) is 44.6 Å². The zero-order valence-electron chi connectivity index (χ0n) is 34.8. The third-order valence-corrected chi connectivity index (χ3v) is 13.1. The van der Waals surface area contributed by atoms with Crippen molar-refractivity contribution in [3.8, 4) is 0 Å². The minimum absolute atomic E-state index is 0.0496. The van der Waals surface area contributed by atoms with E-state index in [4.69, 9.17) is 58.0 Å². The molecule has 19 heteroatoms. The first-order valence-electron chi connectivity index (χ1n) is 20.8.